The van der Waals surface area contributed by atoms with Gasteiger partial charge in [-0.3, -0.25) is 4.79 Å². The zero-order valence-electron chi connectivity index (χ0n) is 13.9. The molecule has 2 aromatic carbocycles. The van der Waals surface area contributed by atoms with Crippen LogP contribution in [0.5, 0.6) is 5.75 Å². The van der Waals surface area contributed by atoms with Crippen LogP contribution in [0.25, 0.3) is 0 Å². The van der Waals surface area contributed by atoms with E-state index in [-0.39, 0.29) is 25.0 Å². The number of hydrogen-bond acceptors (Lipinski definition) is 3. The number of amides is 1. The minimum Gasteiger partial charge on any atom is -0.494 e. The maximum Gasteiger partial charge on any atom is 0.326 e. The summed E-state index contributed by atoms with van der Waals surface area (Å²) in [6.07, 6.45) is 0.338. The van der Waals surface area contributed by atoms with Gasteiger partial charge in [0.15, 0.2) is 11.6 Å². The molecule has 0 saturated carbocycles. The van der Waals surface area contributed by atoms with Crippen molar-refractivity contribution in [1.29, 1.82) is 0 Å². The van der Waals surface area contributed by atoms with Gasteiger partial charge in [-0.2, -0.15) is 0 Å². The first-order valence-corrected chi connectivity index (χ1v) is 7.88. The molecular formula is C19H20FNO4. The highest BCUT2D eigenvalue weighted by atomic mass is 19.1. The number of aliphatic carboxylic acids is 1. The predicted octanol–water partition coefficient (Wildman–Crippen LogP) is 2.58. The van der Waals surface area contributed by atoms with Gasteiger partial charge in [0.1, 0.15) is 6.04 Å². The summed E-state index contributed by atoms with van der Waals surface area (Å²) in [7, 11) is 1.37. The van der Waals surface area contributed by atoms with Gasteiger partial charge < -0.3 is 15.2 Å². The summed E-state index contributed by atoms with van der Waals surface area (Å²) >= 11 is 0. The SMILES string of the molecule is COc1cccc(CCC(=O)N[C@H](Cc2ccccc2)C(=O)O)c1F. The number of halogens is 1. The molecule has 5 nitrogen and oxygen atoms in total. The number of nitrogens with one attached hydrogen (secondary N) is 1. The summed E-state index contributed by atoms with van der Waals surface area (Å²) in [6, 6.07) is 12.7. The molecule has 0 heterocycles. The van der Waals surface area contributed by atoms with Gasteiger partial charge in [-0.05, 0) is 23.6 Å². The number of ether oxygens (including phenoxy) is 1. The topological polar surface area (TPSA) is 75.6 Å². The van der Waals surface area contributed by atoms with Gasteiger partial charge in [0.25, 0.3) is 0 Å². The first-order chi connectivity index (χ1) is 12.0. The van der Waals surface area contributed by atoms with Crippen molar-refractivity contribution >= 4 is 11.9 Å². The maximum absolute atomic E-state index is 14.1. The molecule has 0 saturated heterocycles. The minimum absolute atomic E-state index is 0.0113. The van der Waals surface area contributed by atoms with E-state index in [1.54, 1.807) is 24.3 Å². The molecule has 0 radical (unpaired) electrons. The number of carboxylic acids is 1. The van der Waals surface area contributed by atoms with Crippen molar-refractivity contribution in [3.05, 3.63) is 65.5 Å². The molecule has 0 fully saturated rings. The first-order valence-electron chi connectivity index (χ1n) is 7.88. The van der Waals surface area contributed by atoms with Crippen LogP contribution in [0.3, 0.4) is 0 Å². The highest BCUT2D eigenvalue weighted by Gasteiger charge is 2.20. The number of aryl methyl sites for hydroxylation is 1. The van der Waals surface area contributed by atoms with E-state index < -0.39 is 23.7 Å². The maximum atomic E-state index is 14.1. The summed E-state index contributed by atoms with van der Waals surface area (Å²) in [6.45, 7) is 0. The molecule has 0 aliphatic carbocycles. The van der Waals surface area contributed by atoms with Crippen molar-refractivity contribution in [2.75, 3.05) is 7.11 Å². The Morgan fingerprint density at radius 1 is 1.16 bits per heavy atom. The van der Waals surface area contributed by atoms with Crippen molar-refractivity contribution < 1.29 is 23.8 Å². The molecular weight excluding hydrogens is 325 g/mol. The second kappa shape index (κ2) is 8.82. The van der Waals surface area contributed by atoms with Gasteiger partial charge in [-0.15, -0.1) is 0 Å². The molecule has 25 heavy (non-hydrogen) atoms. The predicted molar refractivity (Wildman–Crippen MR) is 91.0 cm³/mol. The Bertz CT molecular complexity index is 733. The number of benzene rings is 2. The molecule has 0 unspecified atom stereocenters. The fraction of sp³-hybridized carbons (Fsp3) is 0.263. The van der Waals surface area contributed by atoms with E-state index in [0.717, 1.165) is 5.56 Å². The largest absolute Gasteiger partial charge is 0.494 e. The number of carboxylic acid groups (broad SMARTS) is 1. The lowest BCUT2D eigenvalue weighted by Gasteiger charge is -2.15. The van der Waals surface area contributed by atoms with E-state index >= 15 is 0 Å². The highest BCUT2D eigenvalue weighted by molar-refractivity contribution is 5.83. The quantitative estimate of drug-likeness (QED) is 0.771. The second-order valence-corrected chi connectivity index (χ2v) is 5.58. The second-order valence-electron chi connectivity index (χ2n) is 5.58. The monoisotopic (exact) mass is 345 g/mol. The zero-order chi connectivity index (χ0) is 18.2. The summed E-state index contributed by atoms with van der Waals surface area (Å²) in [4.78, 5) is 23.4. The molecule has 0 aliphatic rings. The molecule has 0 spiro atoms. The smallest absolute Gasteiger partial charge is 0.326 e. The van der Waals surface area contributed by atoms with Gasteiger partial charge in [0.05, 0.1) is 7.11 Å². The van der Waals surface area contributed by atoms with E-state index in [2.05, 4.69) is 5.32 Å². The molecule has 1 atom stereocenters. The first kappa shape index (κ1) is 18.4. The summed E-state index contributed by atoms with van der Waals surface area (Å²) < 4.78 is 19.0. The van der Waals surface area contributed by atoms with E-state index in [4.69, 9.17) is 4.74 Å². The van der Waals surface area contributed by atoms with Gasteiger partial charge in [-0.1, -0.05) is 42.5 Å². The number of methoxy groups -OCH3 is 1. The number of rotatable bonds is 8. The Kier molecular flexibility index (Phi) is 6.51. The summed E-state index contributed by atoms with van der Waals surface area (Å²) in [5.41, 5.74) is 1.17. The lowest BCUT2D eigenvalue weighted by molar-refractivity contribution is -0.141. The Hall–Kier alpha value is -2.89. The van der Waals surface area contributed by atoms with Crippen LogP contribution in [0.1, 0.15) is 17.5 Å². The third kappa shape index (κ3) is 5.31. The lowest BCUT2D eigenvalue weighted by atomic mass is 10.0. The molecule has 2 rings (SSSR count). The van der Waals surface area contributed by atoms with Crippen LogP contribution in [-0.4, -0.2) is 30.1 Å². The minimum atomic E-state index is -1.11. The third-order valence-electron chi connectivity index (χ3n) is 3.80. The van der Waals surface area contributed by atoms with Crippen LogP contribution in [-0.2, 0) is 22.4 Å². The summed E-state index contributed by atoms with van der Waals surface area (Å²) in [5.74, 6) is -1.93. The molecule has 0 bridgehead atoms. The number of carbonyl (C=O) groups excluding carboxylic acids is 1. The molecule has 0 aliphatic heterocycles. The van der Waals surface area contributed by atoms with Crippen molar-refractivity contribution in [1.82, 2.24) is 5.32 Å². The van der Waals surface area contributed by atoms with Gasteiger partial charge >= 0.3 is 5.97 Å². The van der Waals surface area contributed by atoms with Crippen LogP contribution in [0.4, 0.5) is 4.39 Å². The van der Waals surface area contributed by atoms with Crippen LogP contribution < -0.4 is 10.1 Å². The van der Waals surface area contributed by atoms with Crippen LogP contribution >= 0.6 is 0 Å². The molecule has 6 heteroatoms. The van der Waals surface area contributed by atoms with Crippen LogP contribution in [0, 0.1) is 5.82 Å². The molecule has 1 amide bonds. The Morgan fingerprint density at radius 3 is 2.52 bits per heavy atom. The Morgan fingerprint density at radius 2 is 1.88 bits per heavy atom. The lowest BCUT2D eigenvalue weighted by Crippen LogP contribution is -2.42. The number of carbonyl (C=O) groups is 2. The van der Waals surface area contributed by atoms with E-state index in [1.807, 2.05) is 18.2 Å². The van der Waals surface area contributed by atoms with Crippen molar-refractivity contribution in [2.24, 2.45) is 0 Å². The fourth-order valence-corrected chi connectivity index (χ4v) is 2.47. The van der Waals surface area contributed by atoms with E-state index in [9.17, 15) is 19.1 Å². The average molecular weight is 345 g/mol. The van der Waals surface area contributed by atoms with Gasteiger partial charge in [-0.25, -0.2) is 9.18 Å². The zero-order valence-corrected chi connectivity index (χ0v) is 13.9. The number of hydrogen-bond donors (Lipinski definition) is 2. The fourth-order valence-electron chi connectivity index (χ4n) is 2.47. The van der Waals surface area contributed by atoms with E-state index in [1.165, 1.54) is 13.2 Å². The normalized spacial score (nSPS) is 11.6. The van der Waals surface area contributed by atoms with Gasteiger partial charge in [0, 0.05) is 12.8 Å². The Labute approximate surface area is 145 Å². The molecule has 0 aromatic heterocycles. The van der Waals surface area contributed by atoms with Crippen molar-refractivity contribution in [3.8, 4) is 5.75 Å². The van der Waals surface area contributed by atoms with Crippen molar-refractivity contribution in [3.63, 3.8) is 0 Å². The van der Waals surface area contributed by atoms with E-state index in [0.29, 0.717) is 5.56 Å². The molecule has 132 valence electrons. The molecule has 2 aromatic rings. The Balaban J connectivity index is 1.94. The standard InChI is InChI=1S/C19H20FNO4/c1-25-16-9-5-8-14(18(16)20)10-11-17(22)21-15(19(23)24)12-13-6-3-2-4-7-13/h2-9,15H,10-12H2,1H3,(H,21,22)(H,23,24)/t15-/m1/s1. The molecule has 2 N–H and O–H groups in total. The highest BCUT2D eigenvalue weighted by Crippen LogP contribution is 2.20. The van der Waals surface area contributed by atoms with Crippen LogP contribution in [0.15, 0.2) is 48.5 Å². The van der Waals surface area contributed by atoms with Gasteiger partial charge in [0.2, 0.25) is 5.91 Å². The summed E-state index contributed by atoms with van der Waals surface area (Å²) in [5, 5.41) is 11.8. The average Bonchev–Trinajstić information content (AvgIpc) is 2.61. The van der Waals surface area contributed by atoms with Crippen molar-refractivity contribution in [2.45, 2.75) is 25.3 Å². The van der Waals surface area contributed by atoms with Crippen LogP contribution in [0.2, 0.25) is 0 Å². The third-order valence-corrected chi connectivity index (χ3v) is 3.80.